The summed E-state index contributed by atoms with van der Waals surface area (Å²) < 4.78 is 4.53. The van der Waals surface area contributed by atoms with Crippen LogP contribution in [0.4, 0.5) is 4.79 Å². The largest absolute Gasteiger partial charge is 0.453 e. The molecule has 0 aromatic carbocycles. The molecule has 5 heteroatoms. The zero-order valence-corrected chi connectivity index (χ0v) is 9.19. The van der Waals surface area contributed by atoms with Gasteiger partial charge in [-0.2, -0.15) is 5.26 Å². The number of hydrogen-bond acceptors (Lipinski definition) is 4. The molecule has 1 rings (SSSR count). The molecule has 1 saturated heterocycles. The number of rotatable bonds is 3. The molecule has 84 valence electrons. The lowest BCUT2D eigenvalue weighted by Crippen LogP contribution is -2.37. The van der Waals surface area contributed by atoms with Crippen LogP contribution in [0.3, 0.4) is 0 Å². The van der Waals surface area contributed by atoms with Gasteiger partial charge in [0.15, 0.2) is 0 Å². The Morgan fingerprint density at radius 1 is 1.80 bits per heavy atom. The number of carbonyl (C=O) groups excluding carboxylic acids is 1. The highest BCUT2D eigenvalue weighted by Gasteiger charge is 2.24. The summed E-state index contributed by atoms with van der Waals surface area (Å²) in [5.74, 6) is 0.0434. The number of methoxy groups -OCH3 is 1. The third-order valence-electron chi connectivity index (χ3n) is 2.53. The van der Waals surface area contributed by atoms with E-state index in [1.165, 1.54) is 7.11 Å². The molecule has 5 nitrogen and oxygen atoms in total. The minimum atomic E-state index is -0.379. The molecule has 0 aliphatic carbocycles. The van der Waals surface area contributed by atoms with Gasteiger partial charge in [-0.05, 0) is 13.3 Å². The lowest BCUT2D eigenvalue weighted by Gasteiger charge is -2.17. The van der Waals surface area contributed by atoms with Crippen LogP contribution in [-0.2, 0) is 4.74 Å². The van der Waals surface area contributed by atoms with Crippen molar-refractivity contribution in [3.63, 3.8) is 0 Å². The molecule has 2 atom stereocenters. The molecule has 1 aliphatic heterocycles. The van der Waals surface area contributed by atoms with Gasteiger partial charge in [-0.15, -0.1) is 0 Å². The number of ether oxygens (including phenoxy) is 1. The second-order valence-electron chi connectivity index (χ2n) is 3.91. The van der Waals surface area contributed by atoms with Crippen LogP contribution in [0.25, 0.3) is 0 Å². The van der Waals surface area contributed by atoms with Crippen LogP contribution < -0.4 is 5.32 Å². The third kappa shape index (κ3) is 3.76. The van der Waals surface area contributed by atoms with Crippen LogP contribution in [0.5, 0.6) is 0 Å². The Hall–Kier alpha value is -1.28. The molecule has 1 aliphatic rings. The lowest BCUT2D eigenvalue weighted by molar-refractivity contribution is 0.166. The molecule has 0 spiro atoms. The Labute approximate surface area is 90.0 Å². The summed E-state index contributed by atoms with van der Waals surface area (Å²) in [6.45, 7) is 4.42. The van der Waals surface area contributed by atoms with Crippen LogP contribution in [0.15, 0.2) is 0 Å². The molecule has 1 fully saturated rings. The Bertz CT molecular complexity index is 262. The Morgan fingerprint density at radius 2 is 2.53 bits per heavy atom. The van der Waals surface area contributed by atoms with Gasteiger partial charge in [0, 0.05) is 25.7 Å². The number of hydrogen-bond donors (Lipinski definition) is 1. The molecule has 1 amide bonds. The van der Waals surface area contributed by atoms with Gasteiger partial charge in [0.25, 0.3) is 0 Å². The minimum Gasteiger partial charge on any atom is -0.453 e. The summed E-state index contributed by atoms with van der Waals surface area (Å²) in [5, 5.41) is 11.4. The van der Waals surface area contributed by atoms with Crippen molar-refractivity contribution in [2.24, 2.45) is 5.92 Å². The molecule has 1 N–H and O–H groups in total. The van der Waals surface area contributed by atoms with Gasteiger partial charge in [-0.25, -0.2) is 4.79 Å². The quantitative estimate of drug-likeness (QED) is 0.741. The summed E-state index contributed by atoms with van der Waals surface area (Å²) in [6.07, 6.45) is 0.544. The van der Waals surface area contributed by atoms with E-state index in [1.54, 1.807) is 0 Å². The van der Waals surface area contributed by atoms with Crippen molar-refractivity contribution in [1.82, 2.24) is 10.2 Å². The van der Waals surface area contributed by atoms with Gasteiger partial charge in [0.1, 0.15) is 0 Å². The van der Waals surface area contributed by atoms with Gasteiger partial charge < -0.3 is 10.1 Å². The van der Waals surface area contributed by atoms with Crippen LogP contribution in [0, 0.1) is 17.2 Å². The number of nitrogens with one attached hydrogen (secondary N) is 1. The number of nitriles is 1. The molecule has 1 heterocycles. The summed E-state index contributed by atoms with van der Waals surface area (Å²) in [7, 11) is 1.36. The van der Waals surface area contributed by atoms with Gasteiger partial charge in [0.2, 0.25) is 0 Å². The Balaban J connectivity index is 2.27. The fourth-order valence-electron chi connectivity index (χ4n) is 1.77. The SMILES string of the molecule is COC(=O)NC1CCN(CC(C)C#N)C1. The molecular weight excluding hydrogens is 194 g/mol. The van der Waals surface area contributed by atoms with Crippen LogP contribution in [0.2, 0.25) is 0 Å². The first kappa shape index (κ1) is 11.8. The van der Waals surface area contributed by atoms with E-state index in [0.717, 1.165) is 26.1 Å². The predicted octanol–water partition coefficient (Wildman–Crippen LogP) is 0.576. The van der Waals surface area contributed by atoms with Crippen molar-refractivity contribution in [3.8, 4) is 6.07 Å². The topological polar surface area (TPSA) is 65.4 Å². The second-order valence-corrected chi connectivity index (χ2v) is 3.91. The summed E-state index contributed by atoms with van der Waals surface area (Å²) in [4.78, 5) is 13.1. The number of carbonyl (C=O) groups is 1. The van der Waals surface area contributed by atoms with Gasteiger partial charge >= 0.3 is 6.09 Å². The molecule has 2 unspecified atom stereocenters. The maximum atomic E-state index is 10.9. The predicted molar refractivity (Wildman–Crippen MR) is 55.2 cm³/mol. The van der Waals surface area contributed by atoms with Crippen LogP contribution in [-0.4, -0.2) is 43.8 Å². The Morgan fingerprint density at radius 3 is 3.13 bits per heavy atom. The maximum Gasteiger partial charge on any atom is 0.407 e. The van der Waals surface area contributed by atoms with Gasteiger partial charge in [-0.3, -0.25) is 4.90 Å². The first-order chi connectivity index (χ1) is 7.15. The van der Waals surface area contributed by atoms with Crippen LogP contribution in [0.1, 0.15) is 13.3 Å². The van der Waals surface area contributed by atoms with Crippen LogP contribution >= 0.6 is 0 Å². The Kier molecular flexibility index (Phi) is 4.37. The zero-order chi connectivity index (χ0) is 11.3. The summed E-state index contributed by atoms with van der Waals surface area (Å²) >= 11 is 0. The fourth-order valence-corrected chi connectivity index (χ4v) is 1.77. The second kappa shape index (κ2) is 5.56. The van der Waals surface area contributed by atoms with E-state index in [2.05, 4.69) is 21.0 Å². The standard InChI is InChI=1S/C10H17N3O2/c1-8(5-11)6-13-4-3-9(7-13)12-10(14)15-2/h8-9H,3-4,6-7H2,1-2H3,(H,12,14). The number of amides is 1. The maximum absolute atomic E-state index is 10.9. The van der Waals surface area contributed by atoms with Crippen molar-refractivity contribution in [2.75, 3.05) is 26.7 Å². The third-order valence-corrected chi connectivity index (χ3v) is 2.53. The average molecular weight is 211 g/mol. The van der Waals surface area contributed by atoms with E-state index in [9.17, 15) is 4.79 Å². The zero-order valence-electron chi connectivity index (χ0n) is 9.19. The summed E-state index contributed by atoms with van der Waals surface area (Å²) in [5.41, 5.74) is 0. The molecule has 0 aromatic rings. The van der Waals surface area contributed by atoms with E-state index in [0.29, 0.717) is 0 Å². The fraction of sp³-hybridized carbons (Fsp3) is 0.800. The first-order valence-electron chi connectivity index (χ1n) is 5.12. The van der Waals surface area contributed by atoms with Crippen molar-refractivity contribution in [2.45, 2.75) is 19.4 Å². The van der Waals surface area contributed by atoms with Crippen molar-refractivity contribution < 1.29 is 9.53 Å². The highest BCUT2D eigenvalue weighted by atomic mass is 16.5. The van der Waals surface area contributed by atoms with Crippen molar-refractivity contribution in [1.29, 1.82) is 5.26 Å². The van der Waals surface area contributed by atoms with E-state index in [1.807, 2.05) is 6.92 Å². The normalized spacial score (nSPS) is 23.1. The van der Waals surface area contributed by atoms with Gasteiger partial charge in [-0.1, -0.05) is 0 Å². The number of likely N-dealkylation sites (tertiary alicyclic amines) is 1. The van der Waals surface area contributed by atoms with E-state index in [-0.39, 0.29) is 18.1 Å². The minimum absolute atomic E-state index is 0.0434. The van der Waals surface area contributed by atoms with Crippen molar-refractivity contribution >= 4 is 6.09 Å². The first-order valence-corrected chi connectivity index (χ1v) is 5.12. The molecule has 0 saturated carbocycles. The molecule has 15 heavy (non-hydrogen) atoms. The number of nitrogens with zero attached hydrogens (tertiary/aromatic N) is 2. The van der Waals surface area contributed by atoms with Crippen molar-refractivity contribution in [3.05, 3.63) is 0 Å². The summed E-state index contributed by atoms with van der Waals surface area (Å²) in [6, 6.07) is 2.36. The van der Waals surface area contributed by atoms with E-state index >= 15 is 0 Å². The smallest absolute Gasteiger partial charge is 0.407 e. The molecule has 0 bridgehead atoms. The highest BCUT2D eigenvalue weighted by Crippen LogP contribution is 2.11. The molecular formula is C10H17N3O2. The molecule has 0 aromatic heterocycles. The lowest BCUT2D eigenvalue weighted by atomic mass is 10.2. The monoisotopic (exact) mass is 211 g/mol. The number of alkyl carbamates (subject to hydrolysis) is 1. The molecule has 0 radical (unpaired) electrons. The average Bonchev–Trinajstić information content (AvgIpc) is 2.65. The highest BCUT2D eigenvalue weighted by molar-refractivity contribution is 5.67. The van der Waals surface area contributed by atoms with Gasteiger partial charge in [0.05, 0.1) is 19.1 Å². The van der Waals surface area contributed by atoms with E-state index in [4.69, 9.17) is 5.26 Å². The van der Waals surface area contributed by atoms with E-state index < -0.39 is 0 Å².